The molecule has 3 spiro atoms. The number of fused-ring (bicyclic) bond motifs is 4. The molecule has 4 bridgehead atoms. The first-order chi connectivity index (χ1) is 14.3. The zero-order valence-corrected chi connectivity index (χ0v) is 15.7. The molecule has 10 heteroatoms. The molecule has 6 heterocycles. The molecule has 30 heavy (non-hydrogen) atoms. The van der Waals surface area contributed by atoms with E-state index in [-0.39, 0.29) is 35.6 Å². The fraction of sp³-hybridized carbons (Fsp3) is 0.700. The summed E-state index contributed by atoms with van der Waals surface area (Å²) in [7, 11) is 0. The second-order valence-corrected chi connectivity index (χ2v) is 9.68. The number of carbonyl (C=O) groups excluding carboxylic acids is 4. The van der Waals surface area contributed by atoms with Gasteiger partial charge in [-0.2, -0.15) is 0 Å². The highest BCUT2D eigenvalue weighted by Gasteiger charge is 3.18. The van der Waals surface area contributed by atoms with Crippen LogP contribution in [0.3, 0.4) is 0 Å². The topological polar surface area (TPSA) is 124 Å². The molecule has 11 atom stereocenters. The normalized spacial score (nSPS) is 59.8. The van der Waals surface area contributed by atoms with E-state index in [0.29, 0.717) is 6.42 Å². The van der Waals surface area contributed by atoms with Crippen LogP contribution in [0, 0.1) is 28.1 Å². The maximum atomic E-state index is 13.4. The summed E-state index contributed by atoms with van der Waals surface area (Å²) in [5.74, 6) is -4.60. The quantitative estimate of drug-likeness (QED) is 0.320. The molecule has 156 valence electrons. The number of hydrogen-bond donors (Lipinski definition) is 0. The van der Waals surface area contributed by atoms with Crippen LogP contribution < -0.4 is 0 Å². The number of rotatable bonds is 4. The summed E-state index contributed by atoms with van der Waals surface area (Å²) in [5, 5.41) is 0. The lowest BCUT2D eigenvalue weighted by molar-refractivity contribution is -0.241. The molecule has 8 rings (SSSR count). The van der Waals surface area contributed by atoms with Crippen molar-refractivity contribution in [2.75, 3.05) is 6.61 Å². The van der Waals surface area contributed by atoms with Crippen LogP contribution in [0.15, 0.2) is 12.2 Å². The number of ether oxygens (including phenoxy) is 6. The monoisotopic (exact) mass is 416 g/mol. The first kappa shape index (κ1) is 16.3. The zero-order valence-electron chi connectivity index (χ0n) is 15.7. The Hall–Kier alpha value is -2.46. The maximum absolute atomic E-state index is 13.4. The van der Waals surface area contributed by atoms with Crippen LogP contribution in [0.4, 0.5) is 0 Å². The first-order valence-corrected chi connectivity index (χ1v) is 10.1. The van der Waals surface area contributed by atoms with Crippen molar-refractivity contribution in [3.05, 3.63) is 12.2 Å². The van der Waals surface area contributed by atoms with Crippen LogP contribution in [0.1, 0.15) is 13.3 Å². The fourth-order valence-electron chi connectivity index (χ4n) is 8.54. The number of hydrogen-bond acceptors (Lipinski definition) is 10. The molecule has 8 aliphatic rings. The van der Waals surface area contributed by atoms with Crippen LogP contribution in [0.25, 0.3) is 0 Å². The average Bonchev–Trinajstić information content (AvgIpc) is 3.05. The fourth-order valence-corrected chi connectivity index (χ4v) is 8.54. The standard InChI is InChI=1S/C20H16O10/c1-5(2)14(22)25-4-8(21)29-20-9-10(20)13-19(16(24)30-20)17(12(9)28-13)7-3-6-11(27-7)18(17,19)15(23)26-6/h6-7,9-13H,1,3-4H2,2H3. The molecule has 0 radical (unpaired) electrons. The Labute approximate surface area is 168 Å². The maximum Gasteiger partial charge on any atom is 0.347 e. The van der Waals surface area contributed by atoms with Crippen molar-refractivity contribution >= 4 is 23.9 Å². The molecule has 0 aromatic heterocycles. The highest BCUT2D eigenvalue weighted by molar-refractivity contribution is 6.04. The van der Waals surface area contributed by atoms with Crippen LogP contribution >= 0.6 is 0 Å². The van der Waals surface area contributed by atoms with Crippen molar-refractivity contribution in [3.63, 3.8) is 0 Å². The van der Waals surface area contributed by atoms with Crippen LogP contribution in [0.5, 0.6) is 0 Å². The van der Waals surface area contributed by atoms with E-state index in [2.05, 4.69) is 6.58 Å². The van der Waals surface area contributed by atoms with Crippen molar-refractivity contribution < 1.29 is 47.6 Å². The van der Waals surface area contributed by atoms with Gasteiger partial charge in [-0.25, -0.2) is 9.59 Å². The summed E-state index contributed by atoms with van der Waals surface area (Å²) >= 11 is 0. The van der Waals surface area contributed by atoms with Gasteiger partial charge in [0.1, 0.15) is 23.0 Å². The van der Waals surface area contributed by atoms with Gasteiger partial charge in [-0.05, 0) is 6.92 Å². The van der Waals surface area contributed by atoms with E-state index in [0.717, 1.165) is 0 Å². The molecule has 2 aliphatic carbocycles. The molecule has 0 N–H and O–H groups in total. The predicted octanol–water partition coefficient (Wildman–Crippen LogP) is -1.00. The minimum Gasteiger partial charge on any atom is -0.459 e. The minimum absolute atomic E-state index is 0.157. The van der Waals surface area contributed by atoms with Crippen molar-refractivity contribution in [2.24, 2.45) is 28.1 Å². The largest absolute Gasteiger partial charge is 0.459 e. The smallest absolute Gasteiger partial charge is 0.347 e. The molecular weight excluding hydrogens is 400 g/mol. The van der Waals surface area contributed by atoms with Gasteiger partial charge in [0.25, 0.3) is 5.79 Å². The highest BCUT2D eigenvalue weighted by atomic mass is 16.8. The number of esters is 4. The summed E-state index contributed by atoms with van der Waals surface area (Å²) in [5.41, 5.74) is -2.78. The van der Waals surface area contributed by atoms with Crippen molar-refractivity contribution in [2.45, 2.75) is 49.7 Å². The third-order valence-corrected chi connectivity index (χ3v) is 9.02. The van der Waals surface area contributed by atoms with Gasteiger partial charge in [-0.15, -0.1) is 0 Å². The number of carbonyl (C=O) groups is 4. The van der Waals surface area contributed by atoms with Crippen molar-refractivity contribution in [3.8, 4) is 0 Å². The molecule has 0 aromatic carbocycles. The molecule has 0 amide bonds. The van der Waals surface area contributed by atoms with E-state index in [1.54, 1.807) is 0 Å². The third kappa shape index (κ3) is 1.08. The molecule has 8 fully saturated rings. The van der Waals surface area contributed by atoms with Crippen molar-refractivity contribution in [1.29, 1.82) is 0 Å². The van der Waals surface area contributed by atoms with E-state index in [1.807, 2.05) is 0 Å². The lowest BCUT2D eigenvalue weighted by atomic mass is 9.74. The second-order valence-electron chi connectivity index (χ2n) is 9.68. The van der Waals surface area contributed by atoms with E-state index in [9.17, 15) is 19.2 Å². The van der Waals surface area contributed by atoms with Crippen LogP contribution in [-0.2, 0) is 47.6 Å². The third-order valence-electron chi connectivity index (χ3n) is 9.02. The van der Waals surface area contributed by atoms with Crippen LogP contribution in [0.2, 0.25) is 0 Å². The SMILES string of the molecule is C=C(C)C(=O)OCC(=O)OC12OC(=O)C34C5OC(C1C52)C31C2CC3OC(=O)C41C3O2. The lowest BCUT2D eigenvalue weighted by Crippen LogP contribution is -2.52. The Morgan fingerprint density at radius 1 is 1.10 bits per heavy atom. The Balaban J connectivity index is 1.15. The first-order valence-electron chi connectivity index (χ1n) is 10.1. The Kier molecular flexibility index (Phi) is 2.18. The van der Waals surface area contributed by atoms with Gasteiger partial charge in [0.15, 0.2) is 6.61 Å². The molecule has 10 nitrogen and oxygen atoms in total. The highest BCUT2D eigenvalue weighted by Crippen LogP contribution is 3.02. The molecule has 6 aliphatic heterocycles. The van der Waals surface area contributed by atoms with Gasteiger partial charge >= 0.3 is 23.9 Å². The lowest BCUT2D eigenvalue weighted by Gasteiger charge is -2.36. The van der Waals surface area contributed by atoms with Gasteiger partial charge in [0.2, 0.25) is 0 Å². The zero-order chi connectivity index (χ0) is 20.6. The summed E-state index contributed by atoms with van der Waals surface area (Å²) in [6.45, 7) is 4.31. The van der Waals surface area contributed by atoms with Gasteiger partial charge < -0.3 is 28.4 Å². The molecule has 2 saturated carbocycles. The minimum atomic E-state index is -1.42. The van der Waals surface area contributed by atoms with Gasteiger partial charge in [-0.3, -0.25) is 9.59 Å². The van der Waals surface area contributed by atoms with Crippen molar-refractivity contribution in [1.82, 2.24) is 0 Å². The summed E-state index contributed by atoms with van der Waals surface area (Å²) < 4.78 is 34.0. The van der Waals surface area contributed by atoms with Crippen LogP contribution in [-0.4, -0.2) is 66.8 Å². The molecule has 11 unspecified atom stereocenters. The Morgan fingerprint density at radius 2 is 1.83 bits per heavy atom. The second kappa shape index (κ2) is 4.03. The predicted molar refractivity (Wildman–Crippen MR) is 86.8 cm³/mol. The average molecular weight is 416 g/mol. The molecule has 0 aromatic rings. The molecular formula is C20H16O10. The molecule has 6 saturated heterocycles. The van der Waals surface area contributed by atoms with E-state index in [4.69, 9.17) is 28.4 Å². The van der Waals surface area contributed by atoms with Gasteiger partial charge in [0, 0.05) is 12.0 Å². The van der Waals surface area contributed by atoms with E-state index < -0.39 is 64.9 Å². The summed E-state index contributed by atoms with van der Waals surface area (Å²) in [6, 6.07) is 0. The summed E-state index contributed by atoms with van der Waals surface area (Å²) in [4.78, 5) is 50.3. The van der Waals surface area contributed by atoms with Gasteiger partial charge in [0.05, 0.1) is 35.6 Å². The van der Waals surface area contributed by atoms with E-state index >= 15 is 0 Å². The van der Waals surface area contributed by atoms with E-state index in [1.165, 1.54) is 6.92 Å². The Bertz CT molecular complexity index is 1060. The summed E-state index contributed by atoms with van der Waals surface area (Å²) in [6.07, 6.45) is -1.58. The Morgan fingerprint density at radius 3 is 2.60 bits per heavy atom. The van der Waals surface area contributed by atoms with Gasteiger partial charge in [-0.1, -0.05) is 6.58 Å².